The van der Waals surface area contributed by atoms with E-state index in [1.54, 1.807) is 0 Å². The van der Waals surface area contributed by atoms with E-state index in [1.807, 2.05) is 53.4 Å². The number of carbonyl (C=O) groups is 2. The first-order chi connectivity index (χ1) is 14.1. The molecule has 6 heteroatoms. The second kappa shape index (κ2) is 8.97. The molecule has 0 aromatic heterocycles. The summed E-state index contributed by atoms with van der Waals surface area (Å²) in [5, 5.41) is 3.72. The summed E-state index contributed by atoms with van der Waals surface area (Å²) in [6, 6.07) is 15.4. The Morgan fingerprint density at radius 2 is 1.72 bits per heavy atom. The summed E-state index contributed by atoms with van der Waals surface area (Å²) in [6.07, 6.45) is 2.83. The first kappa shape index (κ1) is 19.9. The lowest BCUT2D eigenvalue weighted by atomic mass is 9.95. The molecule has 2 aromatic carbocycles. The minimum absolute atomic E-state index is 0.0115. The predicted molar refractivity (Wildman–Crippen MR) is 114 cm³/mol. The van der Waals surface area contributed by atoms with Crippen molar-refractivity contribution in [2.24, 2.45) is 5.92 Å². The molecule has 1 N–H and O–H groups in total. The van der Waals surface area contributed by atoms with Crippen LogP contribution in [-0.4, -0.2) is 42.5 Å². The molecule has 0 aliphatic carbocycles. The lowest BCUT2D eigenvalue weighted by Gasteiger charge is -2.32. The highest BCUT2D eigenvalue weighted by Crippen LogP contribution is 2.27. The normalized spacial score (nSPS) is 19.9. The minimum atomic E-state index is -0.283. The predicted octanol–water partition coefficient (Wildman–Crippen LogP) is 4.36. The fourth-order valence-corrected chi connectivity index (χ4v) is 4.22. The van der Waals surface area contributed by atoms with Gasteiger partial charge in [-0.15, -0.1) is 0 Å². The summed E-state index contributed by atoms with van der Waals surface area (Å²) >= 11 is 6.09. The van der Waals surface area contributed by atoms with E-state index in [-0.39, 0.29) is 23.8 Å². The van der Waals surface area contributed by atoms with Crippen LogP contribution in [0.2, 0.25) is 5.02 Å². The number of anilines is 1. The van der Waals surface area contributed by atoms with E-state index in [2.05, 4.69) is 5.32 Å². The van der Waals surface area contributed by atoms with Gasteiger partial charge in [-0.1, -0.05) is 35.9 Å². The zero-order chi connectivity index (χ0) is 20.2. The molecule has 0 saturated carbocycles. The average molecular weight is 413 g/mol. The zero-order valence-electron chi connectivity index (χ0n) is 16.3. The van der Waals surface area contributed by atoms with Gasteiger partial charge in [-0.2, -0.15) is 0 Å². The van der Waals surface area contributed by atoms with Gasteiger partial charge in [-0.3, -0.25) is 9.59 Å². The molecule has 2 heterocycles. The monoisotopic (exact) mass is 412 g/mol. The molecular weight excluding hydrogens is 388 g/mol. The molecule has 5 nitrogen and oxygen atoms in total. The van der Waals surface area contributed by atoms with Crippen LogP contribution in [0, 0.1) is 5.92 Å². The molecule has 2 aromatic rings. The quantitative estimate of drug-likeness (QED) is 0.811. The Kier molecular flexibility index (Phi) is 6.16. The summed E-state index contributed by atoms with van der Waals surface area (Å²) in [7, 11) is 0. The van der Waals surface area contributed by atoms with E-state index in [0.717, 1.165) is 29.7 Å². The Bertz CT molecular complexity index is 887. The highest BCUT2D eigenvalue weighted by molar-refractivity contribution is 6.30. The molecule has 4 rings (SSSR count). The van der Waals surface area contributed by atoms with Crippen LogP contribution in [0.25, 0.3) is 11.1 Å². The van der Waals surface area contributed by atoms with Crippen molar-refractivity contribution in [1.29, 1.82) is 0 Å². The molecule has 0 radical (unpaired) electrons. The van der Waals surface area contributed by atoms with Crippen molar-refractivity contribution in [2.45, 2.75) is 31.8 Å². The Labute approximate surface area is 176 Å². The SMILES string of the molecule is O=C(Nc1cccc(-c2cccc(Cl)c2)c1)C1CCN(C(=O)[C@@H]2CCCO2)CC1. The maximum Gasteiger partial charge on any atom is 0.251 e. The molecule has 2 aliphatic heterocycles. The standard InChI is InChI=1S/C23H25ClN2O3/c24-19-6-1-4-17(14-19)18-5-2-7-20(15-18)25-22(27)16-9-11-26(12-10-16)23(28)21-8-3-13-29-21/h1-2,4-7,14-16,21H,3,8-13H2,(H,25,27)/t21-/m0/s1. The van der Waals surface area contributed by atoms with Gasteiger partial charge in [0.1, 0.15) is 6.10 Å². The van der Waals surface area contributed by atoms with Crippen LogP contribution < -0.4 is 5.32 Å². The van der Waals surface area contributed by atoms with Crippen LogP contribution in [0.15, 0.2) is 48.5 Å². The molecule has 0 bridgehead atoms. The number of ether oxygens (including phenoxy) is 1. The zero-order valence-corrected chi connectivity index (χ0v) is 17.0. The molecule has 2 aliphatic rings. The summed E-state index contributed by atoms with van der Waals surface area (Å²) < 4.78 is 5.50. The summed E-state index contributed by atoms with van der Waals surface area (Å²) in [5.74, 6) is 0.00594. The van der Waals surface area contributed by atoms with Crippen molar-refractivity contribution in [1.82, 2.24) is 4.90 Å². The van der Waals surface area contributed by atoms with Crippen LogP contribution >= 0.6 is 11.6 Å². The number of nitrogens with one attached hydrogen (secondary N) is 1. The van der Waals surface area contributed by atoms with Crippen LogP contribution in [0.5, 0.6) is 0 Å². The smallest absolute Gasteiger partial charge is 0.251 e. The molecule has 2 saturated heterocycles. The number of likely N-dealkylation sites (tertiary alicyclic amines) is 1. The fourth-order valence-electron chi connectivity index (χ4n) is 4.03. The van der Waals surface area contributed by atoms with E-state index in [0.29, 0.717) is 37.6 Å². The van der Waals surface area contributed by atoms with Crippen molar-refractivity contribution < 1.29 is 14.3 Å². The second-order valence-corrected chi connectivity index (χ2v) is 8.12. The van der Waals surface area contributed by atoms with Crippen molar-refractivity contribution in [2.75, 3.05) is 25.0 Å². The highest BCUT2D eigenvalue weighted by Gasteiger charge is 2.32. The number of hydrogen-bond donors (Lipinski definition) is 1. The van der Waals surface area contributed by atoms with Gasteiger partial charge in [-0.25, -0.2) is 0 Å². The largest absolute Gasteiger partial charge is 0.368 e. The number of benzene rings is 2. The second-order valence-electron chi connectivity index (χ2n) is 7.68. The van der Waals surface area contributed by atoms with Gasteiger partial charge in [0.15, 0.2) is 0 Å². The Morgan fingerprint density at radius 3 is 2.41 bits per heavy atom. The van der Waals surface area contributed by atoms with Crippen molar-refractivity contribution >= 4 is 29.1 Å². The first-order valence-corrected chi connectivity index (χ1v) is 10.6. The van der Waals surface area contributed by atoms with Gasteiger partial charge in [0.05, 0.1) is 0 Å². The fraction of sp³-hybridized carbons (Fsp3) is 0.391. The third kappa shape index (κ3) is 4.80. The Morgan fingerprint density at radius 1 is 1.00 bits per heavy atom. The van der Waals surface area contributed by atoms with E-state index in [1.165, 1.54) is 0 Å². The molecule has 1 atom stereocenters. The molecule has 29 heavy (non-hydrogen) atoms. The maximum atomic E-state index is 12.7. The van der Waals surface area contributed by atoms with Crippen LogP contribution in [0.4, 0.5) is 5.69 Å². The molecule has 2 fully saturated rings. The van der Waals surface area contributed by atoms with Gasteiger partial charge >= 0.3 is 0 Å². The number of nitrogens with zero attached hydrogens (tertiary/aromatic N) is 1. The van der Waals surface area contributed by atoms with E-state index in [9.17, 15) is 9.59 Å². The minimum Gasteiger partial charge on any atom is -0.368 e. The van der Waals surface area contributed by atoms with Crippen molar-refractivity contribution in [3.05, 3.63) is 53.6 Å². The van der Waals surface area contributed by atoms with Gasteiger partial charge < -0.3 is 15.0 Å². The van der Waals surface area contributed by atoms with Crippen molar-refractivity contribution in [3.63, 3.8) is 0 Å². The lowest BCUT2D eigenvalue weighted by molar-refractivity contribution is -0.143. The van der Waals surface area contributed by atoms with Crippen molar-refractivity contribution in [3.8, 4) is 11.1 Å². The van der Waals surface area contributed by atoms with Gasteiger partial charge in [0.2, 0.25) is 5.91 Å². The van der Waals surface area contributed by atoms with Gasteiger partial charge in [0, 0.05) is 36.3 Å². The van der Waals surface area contributed by atoms with Crippen LogP contribution in [0.1, 0.15) is 25.7 Å². The van der Waals surface area contributed by atoms with E-state index < -0.39 is 0 Å². The molecule has 2 amide bonds. The third-order valence-corrected chi connectivity index (χ3v) is 5.91. The summed E-state index contributed by atoms with van der Waals surface area (Å²) in [4.78, 5) is 27.0. The average Bonchev–Trinajstić information content (AvgIpc) is 3.28. The number of amides is 2. The number of piperidine rings is 1. The third-order valence-electron chi connectivity index (χ3n) is 5.67. The number of hydrogen-bond acceptors (Lipinski definition) is 3. The van der Waals surface area contributed by atoms with Gasteiger partial charge in [0.25, 0.3) is 5.91 Å². The molecule has 152 valence electrons. The maximum absolute atomic E-state index is 12.7. The molecular formula is C23H25ClN2O3. The van der Waals surface area contributed by atoms with Gasteiger partial charge in [-0.05, 0) is 61.1 Å². The van der Waals surface area contributed by atoms with Crippen LogP contribution in [-0.2, 0) is 14.3 Å². The Balaban J connectivity index is 1.34. The first-order valence-electron chi connectivity index (χ1n) is 10.2. The summed E-state index contributed by atoms with van der Waals surface area (Å²) in [5.41, 5.74) is 2.78. The number of halogens is 1. The Hall–Kier alpha value is -2.37. The molecule has 0 spiro atoms. The molecule has 0 unspecified atom stereocenters. The topological polar surface area (TPSA) is 58.6 Å². The highest BCUT2D eigenvalue weighted by atomic mass is 35.5. The van der Waals surface area contributed by atoms with E-state index in [4.69, 9.17) is 16.3 Å². The summed E-state index contributed by atoms with van der Waals surface area (Å²) in [6.45, 7) is 1.89. The lowest BCUT2D eigenvalue weighted by Crippen LogP contribution is -2.45. The number of carbonyl (C=O) groups excluding carboxylic acids is 2. The van der Waals surface area contributed by atoms with Crippen LogP contribution in [0.3, 0.4) is 0 Å². The number of rotatable bonds is 4. The van der Waals surface area contributed by atoms with E-state index >= 15 is 0 Å².